The molecule has 2 aromatic heterocycles. The summed E-state index contributed by atoms with van der Waals surface area (Å²) in [6.45, 7) is 3.48. The highest BCUT2D eigenvalue weighted by atomic mass is 16.5. The van der Waals surface area contributed by atoms with Crippen LogP contribution in [-0.4, -0.2) is 55.4 Å². The van der Waals surface area contributed by atoms with E-state index in [2.05, 4.69) is 64.0 Å². The Morgan fingerprint density at radius 3 is 2.45 bits per heavy atom. The van der Waals surface area contributed by atoms with Crippen molar-refractivity contribution in [2.45, 2.75) is 37.8 Å². The predicted octanol–water partition coefficient (Wildman–Crippen LogP) is 4.08. The van der Waals surface area contributed by atoms with Crippen LogP contribution in [0.2, 0.25) is 0 Å². The zero-order chi connectivity index (χ0) is 21.0. The van der Waals surface area contributed by atoms with Gasteiger partial charge in [-0.15, -0.1) is 0 Å². The first-order valence-corrected chi connectivity index (χ1v) is 11.4. The van der Waals surface area contributed by atoms with Crippen LogP contribution < -0.4 is 15.5 Å². The van der Waals surface area contributed by atoms with E-state index in [1.54, 1.807) is 0 Å². The zero-order valence-corrected chi connectivity index (χ0v) is 18.2. The van der Waals surface area contributed by atoms with Gasteiger partial charge in [0.25, 0.3) is 0 Å². The first-order chi connectivity index (χ1) is 15.3. The largest absolute Gasteiger partial charge is 0.378 e. The number of hydrogen-bond acceptors (Lipinski definition) is 6. The number of nitrogens with one attached hydrogen (secondary N) is 2. The molecular formula is C25H31N5O. The van der Waals surface area contributed by atoms with E-state index in [4.69, 9.17) is 9.72 Å². The number of benzene rings is 1. The lowest BCUT2D eigenvalue weighted by molar-refractivity contribution is 0.122. The van der Waals surface area contributed by atoms with Crippen molar-refractivity contribution in [1.29, 1.82) is 0 Å². The van der Waals surface area contributed by atoms with Gasteiger partial charge in [-0.3, -0.25) is 4.98 Å². The molecule has 0 radical (unpaired) electrons. The van der Waals surface area contributed by atoms with Crippen LogP contribution in [0.25, 0.3) is 22.2 Å². The SMILES string of the molecule is CN[C@H]1CC[C@@H](Nc2nc(-c3ccc(N4CCOCC4)cc3)cc3ncccc23)CC1. The molecule has 3 heterocycles. The second-order valence-corrected chi connectivity index (χ2v) is 8.55. The summed E-state index contributed by atoms with van der Waals surface area (Å²) in [5.41, 5.74) is 4.31. The Morgan fingerprint density at radius 2 is 1.71 bits per heavy atom. The van der Waals surface area contributed by atoms with Gasteiger partial charge >= 0.3 is 0 Å². The third-order valence-corrected chi connectivity index (χ3v) is 6.61. The zero-order valence-electron chi connectivity index (χ0n) is 18.2. The Morgan fingerprint density at radius 1 is 0.968 bits per heavy atom. The monoisotopic (exact) mass is 417 g/mol. The molecule has 1 aliphatic heterocycles. The van der Waals surface area contributed by atoms with Crippen molar-refractivity contribution < 1.29 is 4.74 Å². The molecule has 3 aromatic rings. The Kier molecular flexibility index (Phi) is 6.00. The van der Waals surface area contributed by atoms with Crippen LogP contribution in [0.1, 0.15) is 25.7 Å². The molecule has 2 fully saturated rings. The number of morpholine rings is 1. The molecule has 6 nitrogen and oxygen atoms in total. The molecule has 0 unspecified atom stereocenters. The summed E-state index contributed by atoms with van der Waals surface area (Å²) in [5, 5.41) is 8.24. The average molecular weight is 418 g/mol. The number of fused-ring (bicyclic) bond motifs is 1. The lowest BCUT2D eigenvalue weighted by atomic mass is 9.91. The van der Waals surface area contributed by atoms with Gasteiger partial charge in [0.05, 0.1) is 24.4 Å². The van der Waals surface area contributed by atoms with E-state index < -0.39 is 0 Å². The molecule has 1 saturated carbocycles. The number of nitrogens with zero attached hydrogens (tertiary/aromatic N) is 3. The fourth-order valence-electron chi connectivity index (χ4n) is 4.72. The maximum Gasteiger partial charge on any atom is 0.136 e. The minimum atomic E-state index is 0.458. The third kappa shape index (κ3) is 4.50. The van der Waals surface area contributed by atoms with E-state index in [1.807, 2.05) is 12.3 Å². The highest BCUT2D eigenvalue weighted by Gasteiger charge is 2.21. The molecule has 1 aliphatic carbocycles. The van der Waals surface area contributed by atoms with Crippen molar-refractivity contribution in [2.75, 3.05) is 43.6 Å². The van der Waals surface area contributed by atoms with Crippen molar-refractivity contribution in [2.24, 2.45) is 0 Å². The molecule has 6 heteroatoms. The molecule has 0 spiro atoms. The average Bonchev–Trinajstić information content (AvgIpc) is 2.85. The molecular weight excluding hydrogens is 386 g/mol. The molecule has 0 amide bonds. The normalized spacial score (nSPS) is 21.9. The Balaban J connectivity index is 1.41. The summed E-state index contributed by atoms with van der Waals surface area (Å²) in [5.74, 6) is 0.950. The molecule has 0 atom stereocenters. The maximum absolute atomic E-state index is 5.47. The molecule has 2 N–H and O–H groups in total. The highest BCUT2D eigenvalue weighted by Crippen LogP contribution is 2.30. The fourth-order valence-corrected chi connectivity index (χ4v) is 4.72. The molecule has 1 saturated heterocycles. The minimum absolute atomic E-state index is 0.458. The van der Waals surface area contributed by atoms with E-state index in [-0.39, 0.29) is 0 Å². The van der Waals surface area contributed by atoms with Crippen molar-refractivity contribution >= 4 is 22.4 Å². The van der Waals surface area contributed by atoms with Crippen LogP contribution in [0.15, 0.2) is 48.7 Å². The fraction of sp³-hybridized carbons (Fsp3) is 0.440. The second kappa shape index (κ2) is 9.20. The van der Waals surface area contributed by atoms with E-state index >= 15 is 0 Å². The summed E-state index contributed by atoms with van der Waals surface area (Å²) in [6.07, 6.45) is 6.58. The Labute approximate surface area is 184 Å². The Hall–Kier alpha value is -2.70. The summed E-state index contributed by atoms with van der Waals surface area (Å²) in [6, 6.07) is 16.0. The van der Waals surface area contributed by atoms with Gasteiger partial charge in [0.15, 0.2) is 0 Å². The van der Waals surface area contributed by atoms with Gasteiger partial charge in [-0.25, -0.2) is 4.98 Å². The summed E-state index contributed by atoms with van der Waals surface area (Å²) >= 11 is 0. The Bertz CT molecular complexity index is 1010. The van der Waals surface area contributed by atoms with Crippen LogP contribution in [-0.2, 0) is 4.74 Å². The molecule has 5 rings (SSSR count). The van der Waals surface area contributed by atoms with E-state index in [0.717, 1.165) is 67.1 Å². The number of pyridine rings is 2. The lowest BCUT2D eigenvalue weighted by Gasteiger charge is -2.29. The maximum atomic E-state index is 5.47. The molecule has 1 aromatic carbocycles. The summed E-state index contributed by atoms with van der Waals surface area (Å²) in [4.78, 5) is 12.0. The van der Waals surface area contributed by atoms with Gasteiger partial charge in [0.2, 0.25) is 0 Å². The number of ether oxygens (including phenoxy) is 1. The smallest absolute Gasteiger partial charge is 0.136 e. The third-order valence-electron chi connectivity index (χ3n) is 6.61. The van der Waals surface area contributed by atoms with Crippen LogP contribution in [0, 0.1) is 0 Å². The van der Waals surface area contributed by atoms with E-state index in [9.17, 15) is 0 Å². The van der Waals surface area contributed by atoms with Gasteiger partial charge in [0, 0.05) is 48.0 Å². The van der Waals surface area contributed by atoms with Gasteiger partial charge in [-0.2, -0.15) is 0 Å². The van der Waals surface area contributed by atoms with Crippen molar-refractivity contribution in [1.82, 2.24) is 15.3 Å². The first kappa shape index (κ1) is 20.2. The number of rotatable bonds is 5. The van der Waals surface area contributed by atoms with Crippen molar-refractivity contribution in [3.8, 4) is 11.3 Å². The number of hydrogen-bond donors (Lipinski definition) is 2. The second-order valence-electron chi connectivity index (χ2n) is 8.55. The topological polar surface area (TPSA) is 62.3 Å². The molecule has 31 heavy (non-hydrogen) atoms. The van der Waals surface area contributed by atoms with Crippen LogP contribution in [0.3, 0.4) is 0 Å². The van der Waals surface area contributed by atoms with Gasteiger partial charge in [-0.1, -0.05) is 12.1 Å². The van der Waals surface area contributed by atoms with E-state index in [1.165, 1.54) is 18.5 Å². The number of anilines is 2. The van der Waals surface area contributed by atoms with Gasteiger partial charge in [-0.05, 0) is 63.1 Å². The van der Waals surface area contributed by atoms with Crippen LogP contribution in [0.5, 0.6) is 0 Å². The molecule has 162 valence electrons. The standard InChI is InChI=1S/C25H31N5O/c1-26-19-6-8-20(9-7-19)28-25-22-3-2-12-27-24(22)17-23(29-25)18-4-10-21(11-5-18)30-13-15-31-16-14-30/h2-5,10-12,17,19-20,26H,6-9,13-16H2,1H3,(H,28,29)/t19-,20+. The van der Waals surface area contributed by atoms with Crippen LogP contribution in [0.4, 0.5) is 11.5 Å². The molecule has 2 aliphatic rings. The predicted molar refractivity (Wildman–Crippen MR) is 127 cm³/mol. The summed E-state index contributed by atoms with van der Waals surface area (Å²) < 4.78 is 5.47. The van der Waals surface area contributed by atoms with Crippen molar-refractivity contribution in [3.05, 3.63) is 48.7 Å². The van der Waals surface area contributed by atoms with E-state index in [0.29, 0.717) is 12.1 Å². The van der Waals surface area contributed by atoms with Gasteiger partial charge < -0.3 is 20.3 Å². The quantitative estimate of drug-likeness (QED) is 0.652. The number of aromatic nitrogens is 2. The minimum Gasteiger partial charge on any atom is -0.378 e. The first-order valence-electron chi connectivity index (χ1n) is 11.4. The summed E-state index contributed by atoms with van der Waals surface area (Å²) in [7, 11) is 2.06. The molecule has 0 bridgehead atoms. The lowest BCUT2D eigenvalue weighted by Crippen LogP contribution is -2.36. The van der Waals surface area contributed by atoms with Gasteiger partial charge in [0.1, 0.15) is 5.82 Å². The van der Waals surface area contributed by atoms with Crippen LogP contribution >= 0.6 is 0 Å². The highest BCUT2D eigenvalue weighted by molar-refractivity contribution is 5.92. The van der Waals surface area contributed by atoms with Crippen molar-refractivity contribution in [3.63, 3.8) is 0 Å².